The molecule has 2 heterocycles. The van der Waals surface area contributed by atoms with E-state index in [1.54, 1.807) is 36.0 Å². The third kappa shape index (κ3) is 4.72. The molecule has 1 aliphatic rings. The highest BCUT2D eigenvalue weighted by molar-refractivity contribution is 8.00. The van der Waals surface area contributed by atoms with Gasteiger partial charge in [-0.3, -0.25) is 14.3 Å². The predicted molar refractivity (Wildman–Crippen MR) is 92.1 cm³/mol. The first-order valence-corrected chi connectivity index (χ1v) is 9.02. The number of hydrogen-bond acceptors (Lipinski definition) is 6. The van der Waals surface area contributed by atoms with E-state index < -0.39 is 5.76 Å². The van der Waals surface area contributed by atoms with E-state index in [0.29, 0.717) is 22.8 Å². The summed E-state index contributed by atoms with van der Waals surface area (Å²) in [5.74, 6) is 0.876. The van der Waals surface area contributed by atoms with Crippen molar-refractivity contribution >= 4 is 23.4 Å². The van der Waals surface area contributed by atoms with Gasteiger partial charge in [0.1, 0.15) is 0 Å². The molecule has 2 N–H and O–H groups in total. The second kappa shape index (κ2) is 8.16. The molecule has 2 aromatic rings. The van der Waals surface area contributed by atoms with E-state index in [1.807, 2.05) is 0 Å². The van der Waals surface area contributed by atoms with E-state index in [2.05, 4.69) is 20.0 Å². The van der Waals surface area contributed by atoms with E-state index in [-0.39, 0.29) is 12.0 Å². The topological polar surface area (TPSA) is 97.2 Å². The van der Waals surface area contributed by atoms with Crippen LogP contribution < -0.4 is 11.1 Å². The fraction of sp³-hybridized carbons (Fsp3) is 0.438. The lowest BCUT2D eigenvalue weighted by molar-refractivity contribution is -0.113. The second-order valence-electron chi connectivity index (χ2n) is 5.58. The second-order valence-corrected chi connectivity index (χ2v) is 6.61. The van der Waals surface area contributed by atoms with Crippen molar-refractivity contribution in [3.05, 3.63) is 34.8 Å². The Balaban J connectivity index is 1.50. The summed E-state index contributed by atoms with van der Waals surface area (Å²) in [6.07, 6.45) is 3.68. The van der Waals surface area contributed by atoms with Crippen molar-refractivity contribution in [1.82, 2.24) is 10.1 Å². The van der Waals surface area contributed by atoms with Gasteiger partial charge in [0.05, 0.1) is 11.9 Å². The molecule has 24 heavy (non-hydrogen) atoms. The monoisotopic (exact) mass is 349 g/mol. The van der Waals surface area contributed by atoms with Crippen molar-refractivity contribution in [3.8, 4) is 11.4 Å². The van der Waals surface area contributed by atoms with Gasteiger partial charge in [-0.25, -0.2) is 4.79 Å². The van der Waals surface area contributed by atoms with Gasteiger partial charge in [0.25, 0.3) is 0 Å². The first-order chi connectivity index (χ1) is 11.7. The highest BCUT2D eigenvalue weighted by Gasteiger charge is 2.14. The third-order valence-electron chi connectivity index (χ3n) is 3.67. The van der Waals surface area contributed by atoms with Crippen LogP contribution in [0.3, 0.4) is 0 Å². The number of aromatic nitrogens is 2. The molecule has 1 unspecified atom stereocenters. The summed E-state index contributed by atoms with van der Waals surface area (Å²) in [6, 6.07) is 7.08. The Morgan fingerprint density at radius 2 is 2.33 bits per heavy atom. The predicted octanol–water partition coefficient (Wildman–Crippen LogP) is 2.27. The van der Waals surface area contributed by atoms with Crippen LogP contribution >= 0.6 is 11.8 Å². The molecule has 0 bridgehead atoms. The minimum absolute atomic E-state index is 0.0680. The van der Waals surface area contributed by atoms with Crippen LogP contribution in [0.4, 0.5) is 5.69 Å². The van der Waals surface area contributed by atoms with Gasteiger partial charge >= 0.3 is 5.76 Å². The summed E-state index contributed by atoms with van der Waals surface area (Å²) in [7, 11) is 0. The molecule has 7 nitrogen and oxygen atoms in total. The number of carbonyl (C=O) groups is 1. The maximum Gasteiger partial charge on any atom is 0.439 e. The lowest BCUT2D eigenvalue weighted by Gasteiger charge is -2.21. The number of rotatable bonds is 6. The van der Waals surface area contributed by atoms with E-state index in [1.165, 1.54) is 6.42 Å². The molecule has 1 aromatic heterocycles. The Hall–Kier alpha value is -2.06. The van der Waals surface area contributed by atoms with Crippen LogP contribution in [0.2, 0.25) is 0 Å². The molecule has 0 aliphatic carbocycles. The summed E-state index contributed by atoms with van der Waals surface area (Å²) in [6.45, 7) is 0.828. The number of anilines is 1. The Kier molecular flexibility index (Phi) is 5.71. The van der Waals surface area contributed by atoms with Gasteiger partial charge in [-0.1, -0.05) is 17.3 Å². The van der Waals surface area contributed by atoms with Gasteiger partial charge in [-0.2, -0.15) is 0 Å². The van der Waals surface area contributed by atoms with Crippen LogP contribution in [0, 0.1) is 0 Å². The van der Waals surface area contributed by atoms with E-state index in [4.69, 9.17) is 4.74 Å². The van der Waals surface area contributed by atoms with Crippen molar-refractivity contribution in [3.63, 3.8) is 0 Å². The normalized spacial score (nSPS) is 17.6. The van der Waals surface area contributed by atoms with Gasteiger partial charge in [-0.05, 0) is 31.4 Å². The van der Waals surface area contributed by atoms with Crippen LogP contribution in [-0.2, 0) is 9.53 Å². The Morgan fingerprint density at radius 3 is 3.08 bits per heavy atom. The van der Waals surface area contributed by atoms with Crippen LogP contribution in [0.15, 0.2) is 33.6 Å². The molecular formula is C16H19N3O4S. The van der Waals surface area contributed by atoms with Crippen molar-refractivity contribution in [2.24, 2.45) is 0 Å². The number of thioether (sulfide) groups is 1. The number of hydrogen-bond donors (Lipinski definition) is 2. The lowest BCUT2D eigenvalue weighted by Crippen LogP contribution is -2.23. The zero-order valence-electron chi connectivity index (χ0n) is 13.1. The molecule has 1 aliphatic heterocycles. The number of carbonyl (C=O) groups excluding carboxylic acids is 1. The van der Waals surface area contributed by atoms with Crippen molar-refractivity contribution in [2.75, 3.05) is 23.4 Å². The lowest BCUT2D eigenvalue weighted by atomic mass is 10.1. The van der Waals surface area contributed by atoms with Gasteiger partial charge < -0.3 is 10.1 Å². The largest absolute Gasteiger partial charge is 0.439 e. The quantitative estimate of drug-likeness (QED) is 0.830. The number of nitrogens with one attached hydrogen (secondary N) is 2. The van der Waals surface area contributed by atoms with Crippen molar-refractivity contribution < 1.29 is 14.1 Å². The smallest absolute Gasteiger partial charge is 0.377 e. The molecule has 1 aromatic carbocycles. The molecule has 1 atom stereocenters. The first-order valence-electron chi connectivity index (χ1n) is 7.86. The summed E-state index contributed by atoms with van der Waals surface area (Å²) in [5.41, 5.74) is 1.32. The highest BCUT2D eigenvalue weighted by Crippen LogP contribution is 2.20. The molecule has 0 radical (unpaired) electrons. The van der Waals surface area contributed by atoms with Crippen LogP contribution in [0.1, 0.15) is 19.3 Å². The molecule has 1 amide bonds. The fourth-order valence-corrected chi connectivity index (χ4v) is 3.42. The Morgan fingerprint density at radius 1 is 1.42 bits per heavy atom. The fourth-order valence-electron chi connectivity index (χ4n) is 2.52. The van der Waals surface area contributed by atoms with Crippen LogP contribution in [0.5, 0.6) is 0 Å². The summed E-state index contributed by atoms with van der Waals surface area (Å²) in [5, 5.41) is 6.48. The summed E-state index contributed by atoms with van der Waals surface area (Å²) >= 11 is 1.58. The number of amides is 1. The summed E-state index contributed by atoms with van der Waals surface area (Å²) < 4.78 is 10.1. The van der Waals surface area contributed by atoms with Crippen LogP contribution in [-0.4, -0.2) is 40.3 Å². The zero-order valence-corrected chi connectivity index (χ0v) is 13.9. The SMILES string of the molecule is O=C(CSCC1CCCCO1)Nc1cccc(-c2noc(=O)[nH]2)c1. The molecule has 3 rings (SSSR count). The first kappa shape index (κ1) is 16.8. The average Bonchev–Trinajstić information content (AvgIpc) is 3.03. The standard InChI is InChI=1S/C16H19N3O4S/c20-14(10-24-9-13-6-1-2-7-22-13)17-12-5-3-4-11(8-12)15-18-16(21)23-19-15/h3-5,8,13H,1-2,6-7,9-10H2,(H,17,20)(H,18,19,21). The zero-order chi connectivity index (χ0) is 16.8. The maximum atomic E-state index is 12.0. The molecule has 1 fully saturated rings. The number of aromatic amines is 1. The highest BCUT2D eigenvalue weighted by atomic mass is 32.2. The number of ether oxygens (including phenoxy) is 1. The minimum atomic E-state index is -0.610. The minimum Gasteiger partial charge on any atom is -0.377 e. The van der Waals surface area contributed by atoms with Gasteiger partial charge in [-0.15, -0.1) is 11.8 Å². The van der Waals surface area contributed by atoms with E-state index in [9.17, 15) is 9.59 Å². The summed E-state index contributed by atoms with van der Waals surface area (Å²) in [4.78, 5) is 25.5. The molecule has 0 saturated carbocycles. The van der Waals surface area contributed by atoms with Gasteiger partial charge in [0.2, 0.25) is 5.91 Å². The third-order valence-corrected chi connectivity index (χ3v) is 4.74. The van der Waals surface area contributed by atoms with E-state index >= 15 is 0 Å². The Labute approximate surface area is 143 Å². The number of benzene rings is 1. The molecule has 0 spiro atoms. The van der Waals surface area contributed by atoms with Crippen molar-refractivity contribution in [2.45, 2.75) is 25.4 Å². The van der Waals surface area contributed by atoms with Gasteiger partial charge in [0, 0.05) is 23.6 Å². The van der Waals surface area contributed by atoms with Gasteiger partial charge in [0.15, 0.2) is 5.82 Å². The average molecular weight is 349 g/mol. The van der Waals surface area contributed by atoms with E-state index in [0.717, 1.165) is 25.2 Å². The molecule has 8 heteroatoms. The number of H-pyrrole nitrogens is 1. The molecule has 128 valence electrons. The van der Waals surface area contributed by atoms with Crippen molar-refractivity contribution in [1.29, 1.82) is 0 Å². The maximum absolute atomic E-state index is 12.0. The Bertz CT molecular complexity index is 737. The number of nitrogens with zero attached hydrogens (tertiary/aromatic N) is 1. The van der Waals surface area contributed by atoms with Crippen LogP contribution in [0.25, 0.3) is 11.4 Å². The molecule has 1 saturated heterocycles. The molecular weight excluding hydrogens is 330 g/mol.